The molecule has 0 heterocycles. The zero-order valence-corrected chi connectivity index (χ0v) is 32.6. The molecule has 0 aromatic heterocycles. The van der Waals surface area contributed by atoms with Gasteiger partial charge in [0.2, 0.25) is 0 Å². The zero-order valence-electron chi connectivity index (χ0n) is 30.9. The molecule has 0 aliphatic heterocycles. The lowest BCUT2D eigenvalue weighted by atomic mass is 10.2. The minimum atomic E-state index is -3.08. The van der Waals surface area contributed by atoms with Gasteiger partial charge >= 0.3 is 0 Å². The highest BCUT2D eigenvalue weighted by Crippen LogP contribution is 2.55. The van der Waals surface area contributed by atoms with E-state index in [1.165, 1.54) is 0 Å². The normalized spacial score (nSPS) is 11.9. The molecule has 0 amide bonds. The fourth-order valence-electron chi connectivity index (χ4n) is 5.48. The Bertz CT molecular complexity index is 1500. The number of benzene rings is 3. The number of nitrogens with zero attached hydrogens (tertiary/aromatic N) is 9. The molecule has 272 valence electrons. The number of rotatable bonds is 18. The van der Waals surface area contributed by atoms with Gasteiger partial charge in [0.15, 0.2) is 0 Å². The van der Waals surface area contributed by atoms with Crippen molar-refractivity contribution in [1.29, 1.82) is 0 Å². The maximum atomic E-state index is 10.8. The molecule has 3 aromatic rings. The van der Waals surface area contributed by atoms with E-state index in [-0.39, 0.29) is 17.2 Å². The fourth-order valence-corrected chi connectivity index (χ4v) is 7.54. The molecule has 3 N–H and O–H groups in total. The van der Waals surface area contributed by atoms with Gasteiger partial charge < -0.3 is 30.0 Å². The van der Waals surface area contributed by atoms with Gasteiger partial charge in [0.1, 0.15) is 17.2 Å². The van der Waals surface area contributed by atoms with Crippen LogP contribution in [-0.4, -0.2) is 109 Å². The molecule has 14 heteroatoms. The van der Waals surface area contributed by atoms with Gasteiger partial charge in [-0.3, -0.25) is 0 Å². The average Bonchev–Trinajstić information content (AvgIpc) is 3.11. The predicted octanol–water partition coefficient (Wildman–Crippen LogP) is 6.76. The Kier molecular flexibility index (Phi) is 14.8. The molecule has 0 spiro atoms. The second kappa shape index (κ2) is 18.5. The van der Waals surface area contributed by atoms with Crippen molar-refractivity contribution in [1.82, 2.24) is 14.3 Å². The van der Waals surface area contributed by atoms with Crippen molar-refractivity contribution < 1.29 is 15.3 Å². The minimum Gasteiger partial charge on any atom is -0.507 e. The summed E-state index contributed by atoms with van der Waals surface area (Å²) in [5.74, 6) is 0.305. The largest absolute Gasteiger partial charge is 0.507 e. The molecular formula is C36H54N9O3PS. The lowest BCUT2D eigenvalue weighted by Gasteiger charge is -2.39. The highest BCUT2D eigenvalue weighted by atomic mass is 32.4. The van der Waals surface area contributed by atoms with Gasteiger partial charge in [-0.2, -0.15) is 15.3 Å². The molecule has 50 heavy (non-hydrogen) atoms. The molecular weight excluding hydrogens is 669 g/mol. The molecule has 0 radical (unpaired) electrons. The molecule has 0 atom stereocenters. The van der Waals surface area contributed by atoms with Gasteiger partial charge in [0, 0.05) is 112 Å². The van der Waals surface area contributed by atoms with Crippen molar-refractivity contribution in [2.45, 2.75) is 41.5 Å². The summed E-state index contributed by atoms with van der Waals surface area (Å²) in [4.78, 5) is 6.45. The monoisotopic (exact) mass is 723 g/mol. The standard InChI is InChI=1S/C36H54N9O3PS/c1-10-43(11-2)31-19-16-28(34(46)22-31)25-37-40(7)49(50,41(8)38-26-29-17-20-32(23-35(29)47)44(12-3)13-4)42(9)39-27-30-18-21-33(24-36(30)48)45(14-5)15-6/h16-27,46-48H,10-15H2,1-9H3/b37-25+,38-26+,39-27+. The highest BCUT2D eigenvalue weighted by molar-refractivity contribution is 8.11. The summed E-state index contributed by atoms with van der Waals surface area (Å²) in [6.07, 6.45) is 4.69. The topological polar surface area (TPSA) is 117 Å². The maximum Gasteiger partial charge on any atom is 0.265 e. The summed E-state index contributed by atoms with van der Waals surface area (Å²) in [7, 11) is 5.22. The van der Waals surface area contributed by atoms with Crippen LogP contribution in [-0.2, 0) is 11.8 Å². The molecule has 12 nitrogen and oxygen atoms in total. The number of aromatic hydroxyl groups is 3. The summed E-state index contributed by atoms with van der Waals surface area (Å²) in [5.41, 5.74) is 4.36. The maximum absolute atomic E-state index is 10.8. The van der Waals surface area contributed by atoms with Gasteiger partial charge in [-0.25, -0.2) is 14.3 Å². The van der Waals surface area contributed by atoms with Crippen molar-refractivity contribution in [2.24, 2.45) is 15.3 Å². The smallest absolute Gasteiger partial charge is 0.265 e. The first-order chi connectivity index (χ1) is 23.9. The minimum absolute atomic E-state index is 0.102. The van der Waals surface area contributed by atoms with Crippen LogP contribution in [0.2, 0.25) is 0 Å². The molecule has 0 fully saturated rings. The highest BCUT2D eigenvalue weighted by Gasteiger charge is 2.32. The lowest BCUT2D eigenvalue weighted by Crippen LogP contribution is -2.29. The Morgan fingerprint density at radius 1 is 0.500 bits per heavy atom. The molecule has 0 bridgehead atoms. The van der Waals surface area contributed by atoms with Gasteiger partial charge in [0.25, 0.3) is 6.49 Å². The quantitative estimate of drug-likeness (QED) is 0.0739. The molecule has 0 saturated heterocycles. The Labute approximate surface area is 303 Å². The summed E-state index contributed by atoms with van der Waals surface area (Å²) in [5, 5.41) is 46.5. The van der Waals surface area contributed by atoms with Crippen LogP contribution in [0.15, 0.2) is 69.9 Å². The average molecular weight is 724 g/mol. The third-order valence-corrected chi connectivity index (χ3v) is 13.3. The van der Waals surface area contributed by atoms with Crippen molar-refractivity contribution in [3.8, 4) is 17.2 Å². The summed E-state index contributed by atoms with van der Waals surface area (Å²) in [6.45, 7) is 14.3. The Hall–Kier alpha value is -4.48. The number of hydrogen-bond acceptors (Lipinski definition) is 10. The summed E-state index contributed by atoms with van der Waals surface area (Å²) < 4.78 is 4.84. The Morgan fingerprint density at radius 3 is 0.940 bits per heavy atom. The number of anilines is 3. The SMILES string of the molecule is CCN(CC)c1ccc(/C=N/N(C)P(=S)(N(C)/N=C/c2ccc(N(CC)CC)cc2O)N(C)/N=C/c2ccc(N(CC)CC)cc2O)c(O)c1. The van der Waals surface area contributed by atoms with Crippen LogP contribution in [0.3, 0.4) is 0 Å². The van der Waals surface area contributed by atoms with E-state index < -0.39 is 6.49 Å². The third kappa shape index (κ3) is 9.39. The first kappa shape index (κ1) is 40.0. The van der Waals surface area contributed by atoms with Crippen LogP contribution in [0.1, 0.15) is 58.2 Å². The van der Waals surface area contributed by atoms with Crippen molar-refractivity contribution >= 4 is 54.0 Å². The van der Waals surface area contributed by atoms with Crippen LogP contribution >= 0.6 is 6.49 Å². The van der Waals surface area contributed by atoms with Crippen LogP contribution in [0, 0.1) is 0 Å². The molecule has 0 unspecified atom stereocenters. The zero-order chi connectivity index (χ0) is 37.0. The first-order valence-corrected chi connectivity index (χ1v) is 19.7. The molecule has 0 aliphatic carbocycles. The van der Waals surface area contributed by atoms with Crippen molar-refractivity contribution in [3.05, 3.63) is 71.3 Å². The van der Waals surface area contributed by atoms with Gasteiger partial charge in [-0.05, 0) is 89.7 Å². The van der Waals surface area contributed by atoms with Crippen LogP contribution in [0.25, 0.3) is 0 Å². The van der Waals surface area contributed by atoms with E-state index in [9.17, 15) is 15.3 Å². The van der Waals surface area contributed by atoms with Gasteiger partial charge in [0.05, 0.1) is 18.6 Å². The van der Waals surface area contributed by atoms with Crippen molar-refractivity contribution in [2.75, 3.05) is 75.1 Å². The van der Waals surface area contributed by atoms with Crippen molar-refractivity contribution in [3.63, 3.8) is 0 Å². The Morgan fingerprint density at radius 2 is 0.740 bits per heavy atom. The molecule has 0 saturated carbocycles. The van der Waals surface area contributed by atoms with E-state index >= 15 is 0 Å². The van der Waals surface area contributed by atoms with E-state index in [0.29, 0.717) is 16.7 Å². The molecule has 3 rings (SSSR count). The second-order valence-corrected chi connectivity index (χ2v) is 15.7. The van der Waals surface area contributed by atoms with E-state index in [0.717, 1.165) is 56.3 Å². The lowest BCUT2D eigenvalue weighted by molar-refractivity contribution is 0.417. The van der Waals surface area contributed by atoms with E-state index in [2.05, 4.69) is 71.5 Å². The first-order valence-electron chi connectivity index (χ1n) is 17.1. The molecule has 3 aromatic carbocycles. The Balaban J connectivity index is 1.99. The predicted molar refractivity (Wildman–Crippen MR) is 215 cm³/mol. The van der Waals surface area contributed by atoms with Gasteiger partial charge in [-0.1, -0.05) is 0 Å². The number of hydrazone groups is 3. The van der Waals surface area contributed by atoms with Crippen LogP contribution in [0.5, 0.6) is 17.2 Å². The summed E-state index contributed by atoms with van der Waals surface area (Å²) >= 11 is 6.31. The van der Waals surface area contributed by atoms with E-state index in [4.69, 9.17) is 11.8 Å². The summed E-state index contributed by atoms with van der Waals surface area (Å²) in [6, 6.07) is 16.5. The number of hydrogen-bond donors (Lipinski definition) is 3. The number of phenols is 3. The molecule has 0 aliphatic rings. The van der Waals surface area contributed by atoms with E-state index in [1.807, 2.05) is 36.4 Å². The van der Waals surface area contributed by atoms with Gasteiger partial charge in [-0.15, -0.1) is 0 Å². The van der Waals surface area contributed by atoms with E-state index in [1.54, 1.807) is 72.3 Å². The second-order valence-electron chi connectivity index (χ2n) is 11.5. The third-order valence-electron chi connectivity index (χ3n) is 8.65. The fraction of sp³-hybridized carbons (Fsp3) is 0.417. The van der Waals surface area contributed by atoms with Crippen LogP contribution in [0.4, 0.5) is 17.1 Å². The van der Waals surface area contributed by atoms with Crippen LogP contribution < -0.4 is 14.7 Å². The number of phenolic OH excluding ortho intramolecular Hbond substituents is 3.